The summed E-state index contributed by atoms with van der Waals surface area (Å²) in [6.45, 7) is 3.01. The van der Waals surface area contributed by atoms with Gasteiger partial charge in [0.1, 0.15) is 0 Å². The van der Waals surface area contributed by atoms with Crippen LogP contribution >= 0.6 is 0 Å². The number of allylic oxidation sites excluding steroid dienone is 2. The molecule has 1 aliphatic carbocycles. The number of hydrogen-bond donors (Lipinski definition) is 1. The summed E-state index contributed by atoms with van der Waals surface area (Å²) in [5.74, 6) is -0.536. The van der Waals surface area contributed by atoms with Gasteiger partial charge in [0.15, 0.2) is 0 Å². The van der Waals surface area contributed by atoms with Crippen LogP contribution in [0.4, 0.5) is 0 Å². The van der Waals surface area contributed by atoms with Crippen LogP contribution in [0.5, 0.6) is 0 Å². The van der Waals surface area contributed by atoms with Gasteiger partial charge >= 0.3 is 5.97 Å². The molecule has 1 saturated heterocycles. The average Bonchev–Trinajstić information content (AvgIpc) is 2.47. The Hall–Kier alpha value is -1.32. The van der Waals surface area contributed by atoms with Crippen molar-refractivity contribution in [2.24, 2.45) is 11.3 Å². The molecule has 1 fully saturated rings. The van der Waals surface area contributed by atoms with Crippen LogP contribution in [0.2, 0.25) is 0 Å². The summed E-state index contributed by atoms with van der Waals surface area (Å²) < 4.78 is 0. The third kappa shape index (κ3) is 2.82. The first-order valence-corrected chi connectivity index (χ1v) is 7.26. The highest BCUT2D eigenvalue weighted by molar-refractivity contribution is 5.81. The fraction of sp³-hybridized carbons (Fsp3) is 0.733. The number of carbonyl (C=O) groups excluding carboxylic acids is 1. The minimum Gasteiger partial charge on any atom is -0.481 e. The molecule has 0 bridgehead atoms. The zero-order valence-electron chi connectivity index (χ0n) is 11.6. The average molecular weight is 265 g/mol. The summed E-state index contributed by atoms with van der Waals surface area (Å²) in [5, 5.41) is 9.45. The highest BCUT2D eigenvalue weighted by Gasteiger charge is 2.42. The second kappa shape index (κ2) is 5.76. The smallest absolute Gasteiger partial charge is 0.311 e. The van der Waals surface area contributed by atoms with Crippen molar-refractivity contribution in [2.75, 3.05) is 13.1 Å². The molecule has 1 aliphatic heterocycles. The van der Waals surface area contributed by atoms with E-state index in [4.69, 9.17) is 0 Å². The quantitative estimate of drug-likeness (QED) is 0.797. The van der Waals surface area contributed by atoms with E-state index in [2.05, 4.69) is 12.2 Å². The first-order chi connectivity index (χ1) is 9.09. The van der Waals surface area contributed by atoms with Gasteiger partial charge in [0.25, 0.3) is 0 Å². The largest absolute Gasteiger partial charge is 0.481 e. The highest BCUT2D eigenvalue weighted by Crippen LogP contribution is 2.35. The Kier molecular flexibility index (Phi) is 4.27. The number of nitrogens with zero attached hydrogens (tertiary/aromatic N) is 1. The minimum atomic E-state index is -0.754. The van der Waals surface area contributed by atoms with Crippen LogP contribution in [-0.2, 0) is 9.59 Å². The van der Waals surface area contributed by atoms with Gasteiger partial charge in [-0.25, -0.2) is 0 Å². The standard InChI is InChI=1S/C15H23NO3/c1-2-15(14(18)19)9-6-10-16(11-15)13(17)12-7-4-3-5-8-12/h3-4,12H,2,5-11H2,1H3,(H,18,19). The molecule has 0 spiro atoms. The van der Waals surface area contributed by atoms with E-state index in [1.807, 2.05) is 6.92 Å². The summed E-state index contributed by atoms with van der Waals surface area (Å²) in [6.07, 6.45) is 8.94. The number of carboxylic acid groups (broad SMARTS) is 1. The molecule has 0 aromatic heterocycles. The molecule has 0 radical (unpaired) electrons. The first-order valence-electron chi connectivity index (χ1n) is 7.26. The molecule has 19 heavy (non-hydrogen) atoms. The highest BCUT2D eigenvalue weighted by atomic mass is 16.4. The summed E-state index contributed by atoms with van der Waals surface area (Å²) in [4.78, 5) is 25.8. The van der Waals surface area contributed by atoms with Gasteiger partial charge in [0.2, 0.25) is 5.91 Å². The van der Waals surface area contributed by atoms with Gasteiger partial charge in [-0.2, -0.15) is 0 Å². The van der Waals surface area contributed by atoms with E-state index < -0.39 is 11.4 Å². The number of piperidine rings is 1. The van der Waals surface area contributed by atoms with E-state index in [1.165, 1.54) is 0 Å². The van der Waals surface area contributed by atoms with Crippen molar-refractivity contribution in [3.8, 4) is 0 Å². The van der Waals surface area contributed by atoms with E-state index >= 15 is 0 Å². The monoisotopic (exact) mass is 265 g/mol. The summed E-state index contributed by atoms with van der Waals surface area (Å²) in [6, 6.07) is 0. The molecule has 0 saturated carbocycles. The van der Waals surface area contributed by atoms with Crippen LogP contribution in [0.25, 0.3) is 0 Å². The molecule has 0 aromatic rings. The topological polar surface area (TPSA) is 57.6 Å². The lowest BCUT2D eigenvalue weighted by Gasteiger charge is -2.40. The molecular formula is C15H23NO3. The predicted octanol–water partition coefficient (Wildman–Crippen LogP) is 2.45. The molecule has 1 heterocycles. The molecule has 4 heteroatoms. The molecule has 4 nitrogen and oxygen atoms in total. The molecule has 2 atom stereocenters. The maximum absolute atomic E-state index is 12.5. The first kappa shape index (κ1) is 14.1. The van der Waals surface area contributed by atoms with Crippen LogP contribution in [0.3, 0.4) is 0 Å². The van der Waals surface area contributed by atoms with Crippen molar-refractivity contribution >= 4 is 11.9 Å². The van der Waals surface area contributed by atoms with Crippen molar-refractivity contribution < 1.29 is 14.7 Å². The number of carboxylic acids is 1. The van der Waals surface area contributed by atoms with Crippen LogP contribution in [-0.4, -0.2) is 35.0 Å². The Bertz CT molecular complexity index is 391. The second-order valence-electron chi connectivity index (χ2n) is 5.78. The van der Waals surface area contributed by atoms with Crippen LogP contribution < -0.4 is 0 Å². The Morgan fingerprint density at radius 1 is 1.42 bits per heavy atom. The third-order valence-electron chi connectivity index (χ3n) is 4.64. The lowest BCUT2D eigenvalue weighted by Crippen LogP contribution is -2.51. The summed E-state index contributed by atoms with van der Waals surface area (Å²) in [7, 11) is 0. The number of likely N-dealkylation sites (tertiary alicyclic amines) is 1. The Balaban J connectivity index is 2.06. The van der Waals surface area contributed by atoms with Crippen molar-refractivity contribution in [3.05, 3.63) is 12.2 Å². The molecular weight excluding hydrogens is 242 g/mol. The SMILES string of the molecule is CCC1(C(=O)O)CCCN(C(=O)C2CC=CCC2)C1. The summed E-state index contributed by atoms with van der Waals surface area (Å²) >= 11 is 0. The maximum atomic E-state index is 12.5. The zero-order valence-corrected chi connectivity index (χ0v) is 11.6. The molecule has 2 rings (SSSR count). The van der Waals surface area contributed by atoms with Crippen molar-refractivity contribution in [3.63, 3.8) is 0 Å². The molecule has 1 N–H and O–H groups in total. The van der Waals surface area contributed by atoms with Gasteiger partial charge in [-0.15, -0.1) is 0 Å². The van der Waals surface area contributed by atoms with Crippen LogP contribution in [0, 0.1) is 11.3 Å². The van der Waals surface area contributed by atoms with Gasteiger partial charge < -0.3 is 10.0 Å². The number of hydrogen-bond acceptors (Lipinski definition) is 2. The Labute approximate surface area is 114 Å². The second-order valence-corrected chi connectivity index (χ2v) is 5.78. The number of amides is 1. The van der Waals surface area contributed by atoms with E-state index in [1.54, 1.807) is 4.90 Å². The van der Waals surface area contributed by atoms with E-state index in [9.17, 15) is 14.7 Å². The number of rotatable bonds is 3. The number of aliphatic carboxylic acids is 1. The van der Waals surface area contributed by atoms with Gasteiger partial charge in [-0.05, 0) is 38.5 Å². The molecule has 2 aliphatic rings. The molecule has 0 aromatic carbocycles. The lowest BCUT2D eigenvalue weighted by atomic mass is 9.77. The Morgan fingerprint density at radius 2 is 2.21 bits per heavy atom. The fourth-order valence-corrected chi connectivity index (χ4v) is 3.21. The van der Waals surface area contributed by atoms with Crippen molar-refractivity contribution in [1.29, 1.82) is 0 Å². The number of carbonyl (C=O) groups is 2. The molecule has 106 valence electrons. The lowest BCUT2D eigenvalue weighted by molar-refractivity contribution is -0.156. The van der Waals surface area contributed by atoms with Crippen LogP contribution in [0.15, 0.2) is 12.2 Å². The normalized spacial score (nSPS) is 31.2. The van der Waals surface area contributed by atoms with Crippen LogP contribution in [0.1, 0.15) is 45.4 Å². The van der Waals surface area contributed by atoms with Crippen molar-refractivity contribution in [2.45, 2.75) is 45.4 Å². The van der Waals surface area contributed by atoms with Gasteiger partial charge in [0, 0.05) is 19.0 Å². The van der Waals surface area contributed by atoms with Gasteiger partial charge in [-0.3, -0.25) is 9.59 Å². The summed E-state index contributed by atoms with van der Waals surface area (Å²) in [5.41, 5.74) is -0.724. The van der Waals surface area contributed by atoms with E-state index in [0.717, 1.165) is 25.7 Å². The maximum Gasteiger partial charge on any atom is 0.311 e. The van der Waals surface area contributed by atoms with E-state index in [0.29, 0.717) is 25.9 Å². The minimum absolute atomic E-state index is 0.0615. The molecule has 2 unspecified atom stereocenters. The predicted molar refractivity (Wildman–Crippen MR) is 72.7 cm³/mol. The zero-order chi connectivity index (χ0) is 13.9. The third-order valence-corrected chi connectivity index (χ3v) is 4.64. The Morgan fingerprint density at radius 3 is 2.79 bits per heavy atom. The van der Waals surface area contributed by atoms with Gasteiger partial charge in [0.05, 0.1) is 5.41 Å². The van der Waals surface area contributed by atoms with Crippen molar-refractivity contribution in [1.82, 2.24) is 4.90 Å². The molecule has 1 amide bonds. The van der Waals surface area contributed by atoms with E-state index in [-0.39, 0.29) is 11.8 Å². The van der Waals surface area contributed by atoms with Gasteiger partial charge in [-0.1, -0.05) is 19.1 Å². The fourth-order valence-electron chi connectivity index (χ4n) is 3.21.